The van der Waals surface area contributed by atoms with Crippen LogP contribution in [0.1, 0.15) is 50.5 Å². The van der Waals surface area contributed by atoms with Crippen LogP contribution >= 0.6 is 0 Å². The molecule has 3 heteroatoms. The summed E-state index contributed by atoms with van der Waals surface area (Å²) in [5.41, 5.74) is 0.815. The maximum atomic E-state index is 10.9. The summed E-state index contributed by atoms with van der Waals surface area (Å²) < 4.78 is 5.72. The fraction of sp³-hybridized carbons (Fsp3) is 0.562. The van der Waals surface area contributed by atoms with Crippen molar-refractivity contribution >= 4 is 5.97 Å². The Kier molecular flexibility index (Phi) is 4.83. The number of carboxylic acids is 1. The van der Waals surface area contributed by atoms with Gasteiger partial charge in [-0.2, -0.15) is 0 Å². The molecule has 0 spiro atoms. The Bertz CT molecular complexity index is 405. The molecule has 3 nitrogen and oxygen atoms in total. The fourth-order valence-electron chi connectivity index (χ4n) is 2.64. The fourth-order valence-corrected chi connectivity index (χ4v) is 2.64. The molecule has 1 atom stereocenters. The summed E-state index contributed by atoms with van der Waals surface area (Å²) in [6.45, 7) is 2.46. The van der Waals surface area contributed by atoms with Crippen LogP contribution in [-0.4, -0.2) is 17.7 Å². The SMILES string of the molecule is CC(C(=O)O)c1ccc(OCCC2CCCC2)cc1. The maximum Gasteiger partial charge on any atom is 0.310 e. The van der Waals surface area contributed by atoms with Gasteiger partial charge in [0.15, 0.2) is 0 Å². The average Bonchev–Trinajstić information content (AvgIpc) is 2.92. The van der Waals surface area contributed by atoms with Crippen LogP contribution in [0.25, 0.3) is 0 Å². The smallest absolute Gasteiger partial charge is 0.310 e. The molecule has 0 aromatic heterocycles. The van der Waals surface area contributed by atoms with Gasteiger partial charge in [0.25, 0.3) is 0 Å². The summed E-state index contributed by atoms with van der Waals surface area (Å²) in [7, 11) is 0. The monoisotopic (exact) mass is 262 g/mol. The van der Waals surface area contributed by atoms with E-state index in [0.29, 0.717) is 0 Å². The van der Waals surface area contributed by atoms with Gasteiger partial charge in [0.2, 0.25) is 0 Å². The molecule has 104 valence electrons. The van der Waals surface area contributed by atoms with Gasteiger partial charge in [0, 0.05) is 0 Å². The van der Waals surface area contributed by atoms with Gasteiger partial charge in [-0.15, -0.1) is 0 Å². The van der Waals surface area contributed by atoms with Crippen LogP contribution < -0.4 is 4.74 Å². The lowest BCUT2D eigenvalue weighted by Crippen LogP contribution is -2.07. The van der Waals surface area contributed by atoms with Crippen LogP contribution in [-0.2, 0) is 4.79 Å². The first-order valence-electron chi connectivity index (χ1n) is 7.12. The van der Waals surface area contributed by atoms with Crippen LogP contribution in [0.2, 0.25) is 0 Å². The minimum Gasteiger partial charge on any atom is -0.494 e. The van der Waals surface area contributed by atoms with Gasteiger partial charge < -0.3 is 9.84 Å². The van der Waals surface area contributed by atoms with E-state index >= 15 is 0 Å². The van der Waals surface area contributed by atoms with E-state index in [0.717, 1.165) is 30.3 Å². The minimum absolute atomic E-state index is 0.465. The predicted molar refractivity (Wildman–Crippen MR) is 74.6 cm³/mol. The third-order valence-corrected chi connectivity index (χ3v) is 4.02. The third kappa shape index (κ3) is 3.98. The summed E-state index contributed by atoms with van der Waals surface area (Å²) >= 11 is 0. The highest BCUT2D eigenvalue weighted by Crippen LogP contribution is 2.27. The molecular formula is C16H22O3. The van der Waals surface area contributed by atoms with Crippen molar-refractivity contribution in [3.63, 3.8) is 0 Å². The maximum absolute atomic E-state index is 10.9. The standard InChI is InChI=1S/C16H22O3/c1-12(16(17)18)14-6-8-15(9-7-14)19-11-10-13-4-2-3-5-13/h6-9,12-13H,2-5,10-11H2,1H3,(H,17,18). The summed E-state index contributed by atoms with van der Waals surface area (Å²) in [4.78, 5) is 10.9. The van der Waals surface area contributed by atoms with Crippen molar-refractivity contribution in [2.24, 2.45) is 5.92 Å². The topological polar surface area (TPSA) is 46.5 Å². The molecule has 2 rings (SSSR count). The first-order valence-corrected chi connectivity index (χ1v) is 7.12. The third-order valence-electron chi connectivity index (χ3n) is 4.02. The van der Waals surface area contributed by atoms with Crippen LogP contribution in [0.5, 0.6) is 5.75 Å². The minimum atomic E-state index is -0.796. The normalized spacial score (nSPS) is 17.3. The highest BCUT2D eigenvalue weighted by molar-refractivity contribution is 5.75. The lowest BCUT2D eigenvalue weighted by Gasteiger charge is -2.11. The molecule has 0 amide bonds. The van der Waals surface area contributed by atoms with Gasteiger partial charge in [-0.3, -0.25) is 4.79 Å². The van der Waals surface area contributed by atoms with Gasteiger partial charge in [0.05, 0.1) is 12.5 Å². The molecule has 1 N–H and O–H groups in total. The van der Waals surface area contributed by atoms with Crippen LogP contribution in [0.15, 0.2) is 24.3 Å². The van der Waals surface area contributed by atoms with Gasteiger partial charge in [-0.05, 0) is 37.0 Å². The Hall–Kier alpha value is -1.51. The lowest BCUT2D eigenvalue weighted by molar-refractivity contribution is -0.138. The Labute approximate surface area is 114 Å². The molecule has 1 aromatic rings. The molecule has 0 saturated heterocycles. The largest absolute Gasteiger partial charge is 0.494 e. The molecule has 0 radical (unpaired) electrons. The van der Waals surface area contributed by atoms with Crippen molar-refractivity contribution in [1.29, 1.82) is 0 Å². The Morgan fingerprint density at radius 1 is 1.32 bits per heavy atom. The van der Waals surface area contributed by atoms with Gasteiger partial charge in [0.1, 0.15) is 5.75 Å². The number of carbonyl (C=O) groups is 1. The molecule has 1 aliphatic rings. The van der Waals surface area contributed by atoms with Crippen LogP contribution in [0, 0.1) is 5.92 Å². The van der Waals surface area contributed by atoms with Crippen molar-refractivity contribution < 1.29 is 14.6 Å². The lowest BCUT2D eigenvalue weighted by atomic mass is 10.0. The van der Waals surface area contributed by atoms with Crippen molar-refractivity contribution in [1.82, 2.24) is 0 Å². The van der Waals surface area contributed by atoms with E-state index in [-0.39, 0.29) is 0 Å². The number of ether oxygens (including phenoxy) is 1. The first kappa shape index (κ1) is 13.9. The quantitative estimate of drug-likeness (QED) is 0.847. The molecule has 1 unspecified atom stereocenters. The van der Waals surface area contributed by atoms with Crippen LogP contribution in [0.3, 0.4) is 0 Å². The number of benzene rings is 1. The zero-order valence-electron chi connectivity index (χ0n) is 11.5. The van der Waals surface area contributed by atoms with Gasteiger partial charge in [-0.1, -0.05) is 37.8 Å². The Morgan fingerprint density at radius 2 is 1.95 bits per heavy atom. The van der Waals surface area contributed by atoms with Gasteiger partial charge in [-0.25, -0.2) is 0 Å². The van der Waals surface area contributed by atoms with E-state index in [1.165, 1.54) is 25.7 Å². The van der Waals surface area contributed by atoms with E-state index in [9.17, 15) is 4.79 Å². The van der Waals surface area contributed by atoms with Crippen LogP contribution in [0.4, 0.5) is 0 Å². The van der Waals surface area contributed by atoms with E-state index in [1.807, 2.05) is 24.3 Å². The highest BCUT2D eigenvalue weighted by Gasteiger charge is 2.15. The zero-order valence-corrected chi connectivity index (χ0v) is 11.5. The van der Waals surface area contributed by atoms with E-state index in [2.05, 4.69) is 0 Å². The zero-order chi connectivity index (χ0) is 13.7. The molecule has 1 saturated carbocycles. The molecular weight excluding hydrogens is 240 g/mol. The summed E-state index contributed by atoms with van der Waals surface area (Å²) in [6, 6.07) is 7.40. The second-order valence-corrected chi connectivity index (χ2v) is 5.42. The van der Waals surface area contributed by atoms with Crippen molar-refractivity contribution in [3.8, 4) is 5.75 Å². The van der Waals surface area contributed by atoms with Gasteiger partial charge >= 0.3 is 5.97 Å². The number of hydrogen-bond acceptors (Lipinski definition) is 2. The van der Waals surface area contributed by atoms with Crippen molar-refractivity contribution in [2.75, 3.05) is 6.61 Å². The summed E-state index contributed by atoms with van der Waals surface area (Å²) in [5, 5.41) is 8.94. The molecule has 0 heterocycles. The Morgan fingerprint density at radius 3 is 2.53 bits per heavy atom. The summed E-state index contributed by atoms with van der Waals surface area (Å²) in [6.07, 6.45) is 6.56. The number of hydrogen-bond donors (Lipinski definition) is 1. The second-order valence-electron chi connectivity index (χ2n) is 5.42. The first-order chi connectivity index (χ1) is 9.16. The molecule has 1 fully saturated rings. The number of aliphatic carboxylic acids is 1. The molecule has 1 aromatic carbocycles. The predicted octanol–water partition coefficient (Wildman–Crippen LogP) is 3.83. The van der Waals surface area contributed by atoms with E-state index < -0.39 is 11.9 Å². The van der Waals surface area contributed by atoms with Crippen molar-refractivity contribution in [3.05, 3.63) is 29.8 Å². The Balaban J connectivity index is 1.79. The second kappa shape index (κ2) is 6.60. The van der Waals surface area contributed by atoms with Crippen molar-refractivity contribution in [2.45, 2.75) is 44.9 Å². The summed E-state index contributed by atoms with van der Waals surface area (Å²) in [5.74, 6) is 0.410. The van der Waals surface area contributed by atoms with E-state index in [1.54, 1.807) is 6.92 Å². The molecule has 0 bridgehead atoms. The molecule has 1 aliphatic carbocycles. The number of rotatable bonds is 6. The molecule has 19 heavy (non-hydrogen) atoms. The number of carboxylic acid groups (broad SMARTS) is 1. The molecule has 0 aliphatic heterocycles. The average molecular weight is 262 g/mol. The highest BCUT2D eigenvalue weighted by atomic mass is 16.5. The van der Waals surface area contributed by atoms with E-state index in [4.69, 9.17) is 9.84 Å².